The van der Waals surface area contributed by atoms with E-state index in [1.54, 1.807) is 7.11 Å². The Morgan fingerprint density at radius 3 is 2.53 bits per heavy atom. The van der Waals surface area contributed by atoms with Crippen molar-refractivity contribution in [2.75, 3.05) is 7.11 Å². The highest BCUT2D eigenvalue weighted by molar-refractivity contribution is 5.06. The molecule has 0 radical (unpaired) electrons. The maximum atomic E-state index is 5.94. The Bertz CT molecular complexity index is 418. The molecule has 0 spiro atoms. The van der Waals surface area contributed by atoms with Gasteiger partial charge >= 0.3 is 0 Å². The van der Waals surface area contributed by atoms with Gasteiger partial charge in [-0.3, -0.25) is 0 Å². The molecule has 2 N–H and O–H groups in total. The lowest BCUT2D eigenvalue weighted by atomic mass is 9.86. The van der Waals surface area contributed by atoms with Crippen molar-refractivity contribution in [2.45, 2.75) is 68.9 Å². The zero-order valence-electron chi connectivity index (χ0n) is 11.6. The summed E-state index contributed by atoms with van der Waals surface area (Å²) in [6.45, 7) is 0. The first-order valence-electron chi connectivity index (χ1n) is 7.38. The minimum atomic E-state index is -0.299. The van der Waals surface area contributed by atoms with Gasteiger partial charge in [-0.2, -0.15) is 4.98 Å². The Morgan fingerprint density at radius 1 is 1.21 bits per heavy atom. The van der Waals surface area contributed by atoms with Crippen molar-refractivity contribution in [3.8, 4) is 0 Å². The highest BCUT2D eigenvalue weighted by atomic mass is 16.5. The van der Waals surface area contributed by atoms with Crippen molar-refractivity contribution in [3.05, 3.63) is 11.7 Å². The third-order valence-electron chi connectivity index (χ3n) is 4.77. The van der Waals surface area contributed by atoms with Crippen LogP contribution in [0, 0.1) is 0 Å². The third-order valence-corrected chi connectivity index (χ3v) is 4.77. The van der Waals surface area contributed by atoms with Crippen LogP contribution in [0.25, 0.3) is 0 Å². The maximum Gasteiger partial charge on any atom is 0.229 e. The summed E-state index contributed by atoms with van der Waals surface area (Å²) in [4.78, 5) is 4.64. The summed E-state index contributed by atoms with van der Waals surface area (Å²) in [6.07, 6.45) is 8.57. The lowest BCUT2D eigenvalue weighted by Crippen LogP contribution is -2.27. The number of hydrogen-bond acceptors (Lipinski definition) is 5. The number of methoxy groups -OCH3 is 1. The van der Waals surface area contributed by atoms with Crippen LogP contribution in [0.3, 0.4) is 0 Å². The van der Waals surface area contributed by atoms with Gasteiger partial charge in [-0.1, -0.05) is 5.16 Å². The van der Waals surface area contributed by atoms with E-state index in [0.717, 1.165) is 50.2 Å². The quantitative estimate of drug-likeness (QED) is 0.908. The molecule has 0 bridgehead atoms. The van der Waals surface area contributed by atoms with E-state index in [-0.39, 0.29) is 5.60 Å². The van der Waals surface area contributed by atoms with E-state index in [9.17, 15) is 0 Å². The second kappa shape index (κ2) is 5.21. The topological polar surface area (TPSA) is 74.2 Å². The van der Waals surface area contributed by atoms with Gasteiger partial charge in [0.2, 0.25) is 11.7 Å². The second-order valence-electron chi connectivity index (χ2n) is 5.97. The summed E-state index contributed by atoms with van der Waals surface area (Å²) in [5, 5.41) is 4.19. The zero-order chi connectivity index (χ0) is 13.3. The Kier molecular flexibility index (Phi) is 3.58. The smallest absolute Gasteiger partial charge is 0.229 e. The van der Waals surface area contributed by atoms with Crippen molar-refractivity contribution in [1.29, 1.82) is 0 Å². The van der Waals surface area contributed by atoms with Gasteiger partial charge in [-0.05, 0) is 51.4 Å². The zero-order valence-corrected chi connectivity index (χ0v) is 11.6. The number of aromatic nitrogens is 2. The molecule has 2 fully saturated rings. The molecule has 1 aromatic heterocycles. The SMILES string of the molecule is COC1(c2noc(C3CCC(N)CC3)n2)CCCC1. The van der Waals surface area contributed by atoms with Crippen LogP contribution in [0.5, 0.6) is 0 Å². The summed E-state index contributed by atoms with van der Waals surface area (Å²) >= 11 is 0. The predicted octanol–water partition coefficient (Wildman–Crippen LogP) is 2.47. The molecule has 5 nitrogen and oxygen atoms in total. The number of rotatable bonds is 3. The first kappa shape index (κ1) is 13.1. The van der Waals surface area contributed by atoms with E-state index >= 15 is 0 Å². The number of ether oxygens (including phenoxy) is 1. The first-order chi connectivity index (χ1) is 9.23. The van der Waals surface area contributed by atoms with Gasteiger partial charge in [0.1, 0.15) is 5.60 Å². The van der Waals surface area contributed by atoms with Gasteiger partial charge in [0.15, 0.2) is 0 Å². The molecule has 3 rings (SSSR count). The molecule has 0 saturated heterocycles. The van der Waals surface area contributed by atoms with E-state index in [1.165, 1.54) is 12.8 Å². The largest absolute Gasteiger partial charge is 0.370 e. The highest BCUT2D eigenvalue weighted by Crippen LogP contribution is 2.41. The Balaban J connectivity index is 1.75. The van der Waals surface area contributed by atoms with Crippen LogP contribution in [-0.2, 0) is 10.3 Å². The van der Waals surface area contributed by atoms with Crippen molar-refractivity contribution in [2.24, 2.45) is 5.73 Å². The Hall–Kier alpha value is -0.940. The molecule has 2 aliphatic rings. The molecule has 0 aliphatic heterocycles. The fourth-order valence-corrected chi connectivity index (χ4v) is 3.42. The van der Waals surface area contributed by atoms with E-state index < -0.39 is 0 Å². The number of hydrogen-bond donors (Lipinski definition) is 1. The minimum Gasteiger partial charge on any atom is -0.370 e. The van der Waals surface area contributed by atoms with E-state index in [2.05, 4.69) is 10.1 Å². The highest BCUT2D eigenvalue weighted by Gasteiger charge is 2.40. The van der Waals surface area contributed by atoms with E-state index in [1.807, 2.05) is 0 Å². The summed E-state index contributed by atoms with van der Waals surface area (Å²) in [5.41, 5.74) is 5.64. The van der Waals surface area contributed by atoms with Crippen LogP contribution in [0.15, 0.2) is 4.52 Å². The molecular formula is C14H23N3O2. The standard InChI is InChI=1S/C14H23N3O2/c1-18-14(8-2-3-9-14)13-16-12(19-17-13)10-4-6-11(15)7-5-10/h10-11H,2-9,15H2,1H3. The van der Waals surface area contributed by atoms with Crippen LogP contribution in [0.1, 0.15) is 69.0 Å². The van der Waals surface area contributed by atoms with Gasteiger partial charge in [-0.25, -0.2) is 0 Å². The van der Waals surface area contributed by atoms with Crippen LogP contribution >= 0.6 is 0 Å². The molecule has 0 aromatic carbocycles. The predicted molar refractivity (Wildman–Crippen MR) is 70.6 cm³/mol. The molecule has 5 heteroatoms. The fraction of sp³-hybridized carbons (Fsp3) is 0.857. The fourth-order valence-electron chi connectivity index (χ4n) is 3.42. The average Bonchev–Trinajstić information content (AvgIpc) is 3.09. The summed E-state index contributed by atoms with van der Waals surface area (Å²) in [6, 6.07) is 0.346. The lowest BCUT2D eigenvalue weighted by Gasteiger charge is -2.24. The molecule has 106 valence electrons. The van der Waals surface area contributed by atoms with E-state index in [4.69, 9.17) is 15.0 Å². The van der Waals surface area contributed by atoms with Gasteiger partial charge in [0.05, 0.1) is 0 Å². The number of nitrogens with two attached hydrogens (primary N) is 1. The minimum absolute atomic E-state index is 0.299. The molecule has 2 saturated carbocycles. The molecule has 2 aliphatic carbocycles. The number of nitrogens with zero attached hydrogens (tertiary/aromatic N) is 2. The van der Waals surface area contributed by atoms with Crippen molar-refractivity contribution in [3.63, 3.8) is 0 Å². The monoisotopic (exact) mass is 265 g/mol. The molecular weight excluding hydrogens is 242 g/mol. The molecule has 1 aromatic rings. The van der Waals surface area contributed by atoms with Gasteiger partial charge in [-0.15, -0.1) is 0 Å². The summed E-state index contributed by atoms with van der Waals surface area (Å²) < 4.78 is 11.2. The molecule has 19 heavy (non-hydrogen) atoms. The summed E-state index contributed by atoms with van der Waals surface area (Å²) in [7, 11) is 1.75. The molecule has 0 atom stereocenters. The Morgan fingerprint density at radius 2 is 1.89 bits per heavy atom. The van der Waals surface area contributed by atoms with Crippen molar-refractivity contribution >= 4 is 0 Å². The molecule has 0 amide bonds. The van der Waals surface area contributed by atoms with Crippen molar-refractivity contribution in [1.82, 2.24) is 10.1 Å². The van der Waals surface area contributed by atoms with Gasteiger partial charge in [0, 0.05) is 19.1 Å². The third kappa shape index (κ3) is 2.41. The summed E-state index contributed by atoms with van der Waals surface area (Å²) in [5.74, 6) is 1.92. The van der Waals surface area contributed by atoms with Crippen molar-refractivity contribution < 1.29 is 9.26 Å². The van der Waals surface area contributed by atoms with E-state index in [0.29, 0.717) is 12.0 Å². The maximum absolute atomic E-state index is 5.94. The van der Waals surface area contributed by atoms with Crippen LogP contribution in [-0.4, -0.2) is 23.3 Å². The Labute approximate surface area is 113 Å². The van der Waals surface area contributed by atoms with Gasteiger partial charge < -0.3 is 15.0 Å². The second-order valence-corrected chi connectivity index (χ2v) is 5.97. The normalized spacial score (nSPS) is 30.6. The van der Waals surface area contributed by atoms with Crippen LogP contribution in [0.2, 0.25) is 0 Å². The average molecular weight is 265 g/mol. The van der Waals surface area contributed by atoms with Crippen LogP contribution < -0.4 is 5.73 Å². The molecule has 0 unspecified atom stereocenters. The lowest BCUT2D eigenvalue weighted by molar-refractivity contribution is -0.0178. The van der Waals surface area contributed by atoms with Gasteiger partial charge in [0.25, 0.3) is 0 Å². The molecule has 1 heterocycles. The van der Waals surface area contributed by atoms with Crippen LogP contribution in [0.4, 0.5) is 0 Å². The first-order valence-corrected chi connectivity index (χ1v) is 7.38.